The number of piperidine rings is 1. The van der Waals surface area contributed by atoms with Crippen LogP contribution in [0.25, 0.3) is 0 Å². The number of pyridine rings is 1. The van der Waals surface area contributed by atoms with Crippen LogP contribution < -0.4 is 10.1 Å². The Morgan fingerprint density at radius 1 is 1.23 bits per heavy atom. The van der Waals surface area contributed by atoms with E-state index in [-0.39, 0.29) is 11.9 Å². The summed E-state index contributed by atoms with van der Waals surface area (Å²) in [5, 5.41) is 3.29. The second kappa shape index (κ2) is 9.61. The maximum atomic E-state index is 12.7. The number of benzene rings is 1. The summed E-state index contributed by atoms with van der Waals surface area (Å²) in [5.74, 6) is 1.40. The van der Waals surface area contributed by atoms with E-state index < -0.39 is 5.41 Å². The van der Waals surface area contributed by atoms with E-state index in [1.165, 1.54) is 11.1 Å². The first kappa shape index (κ1) is 22.3. The second-order valence-electron chi connectivity index (χ2n) is 9.38. The predicted molar refractivity (Wildman–Crippen MR) is 120 cm³/mol. The topological polar surface area (TPSA) is 54.5 Å². The van der Waals surface area contributed by atoms with Crippen LogP contribution in [0.4, 0.5) is 0 Å². The fraction of sp³-hybridized carbons (Fsp3) is 0.520. The molecule has 1 amide bonds. The molecule has 162 valence electrons. The van der Waals surface area contributed by atoms with Gasteiger partial charge in [-0.2, -0.15) is 0 Å². The van der Waals surface area contributed by atoms with Crippen LogP contribution in [-0.4, -0.2) is 36.0 Å². The van der Waals surface area contributed by atoms with E-state index in [4.69, 9.17) is 4.74 Å². The van der Waals surface area contributed by atoms with Crippen molar-refractivity contribution >= 4 is 5.91 Å². The number of amides is 1. The molecule has 1 N–H and O–H groups in total. The summed E-state index contributed by atoms with van der Waals surface area (Å²) in [5.41, 5.74) is 3.02. The number of hydrogen-bond donors (Lipinski definition) is 1. The third-order valence-electron chi connectivity index (χ3n) is 5.91. The fourth-order valence-electron chi connectivity index (χ4n) is 4.07. The second-order valence-corrected chi connectivity index (χ2v) is 9.38. The minimum absolute atomic E-state index is 0.0476. The van der Waals surface area contributed by atoms with E-state index in [1.54, 1.807) is 7.11 Å². The van der Waals surface area contributed by atoms with Crippen LogP contribution in [0.15, 0.2) is 42.6 Å². The van der Waals surface area contributed by atoms with Crippen molar-refractivity contribution in [3.8, 4) is 5.75 Å². The molecule has 0 radical (unpaired) electrons. The van der Waals surface area contributed by atoms with Gasteiger partial charge < -0.3 is 10.1 Å². The van der Waals surface area contributed by atoms with Crippen molar-refractivity contribution in [2.45, 2.75) is 53.1 Å². The monoisotopic (exact) mass is 409 g/mol. The van der Waals surface area contributed by atoms with E-state index in [9.17, 15) is 4.79 Å². The molecule has 1 saturated heterocycles. The Morgan fingerprint density at radius 3 is 2.57 bits per heavy atom. The molecule has 5 nitrogen and oxygen atoms in total. The number of nitrogens with one attached hydrogen (secondary N) is 1. The van der Waals surface area contributed by atoms with Crippen LogP contribution in [-0.2, 0) is 11.3 Å². The summed E-state index contributed by atoms with van der Waals surface area (Å²) in [6.07, 6.45) is 3.87. The largest absolute Gasteiger partial charge is 0.496 e. The van der Waals surface area contributed by atoms with Gasteiger partial charge in [0.2, 0.25) is 5.91 Å². The number of aryl methyl sites for hydroxylation is 1. The van der Waals surface area contributed by atoms with E-state index in [0.29, 0.717) is 5.92 Å². The maximum Gasteiger partial charge on any atom is 0.225 e. The molecule has 2 aromatic rings. The number of ether oxygens (including phenoxy) is 1. The lowest BCUT2D eigenvalue weighted by atomic mass is 9.85. The van der Waals surface area contributed by atoms with E-state index in [2.05, 4.69) is 40.3 Å². The Morgan fingerprint density at radius 2 is 1.97 bits per heavy atom. The molecule has 1 fully saturated rings. The molecular formula is C25H35N3O2. The van der Waals surface area contributed by atoms with Gasteiger partial charge in [-0.3, -0.25) is 14.7 Å². The van der Waals surface area contributed by atoms with Crippen LogP contribution >= 0.6 is 0 Å². The van der Waals surface area contributed by atoms with Crippen molar-refractivity contribution in [2.24, 2.45) is 11.3 Å². The minimum atomic E-state index is -0.421. The minimum Gasteiger partial charge on any atom is -0.496 e. The molecule has 2 heterocycles. The van der Waals surface area contributed by atoms with Gasteiger partial charge in [0.05, 0.1) is 18.8 Å². The van der Waals surface area contributed by atoms with Crippen LogP contribution in [0.3, 0.4) is 0 Å². The molecule has 30 heavy (non-hydrogen) atoms. The van der Waals surface area contributed by atoms with Gasteiger partial charge >= 0.3 is 0 Å². The number of likely N-dealkylation sites (tertiary alicyclic amines) is 1. The summed E-state index contributed by atoms with van der Waals surface area (Å²) in [7, 11) is 1.73. The van der Waals surface area contributed by atoms with Crippen molar-refractivity contribution in [2.75, 3.05) is 20.2 Å². The molecule has 3 rings (SSSR count). The van der Waals surface area contributed by atoms with Gasteiger partial charge in [-0.25, -0.2) is 0 Å². The Kier molecular flexibility index (Phi) is 7.14. The van der Waals surface area contributed by atoms with Crippen LogP contribution in [0, 0.1) is 18.3 Å². The lowest BCUT2D eigenvalue weighted by Gasteiger charge is -2.37. The van der Waals surface area contributed by atoms with Gasteiger partial charge in [-0.15, -0.1) is 0 Å². The average molecular weight is 410 g/mol. The Balaban J connectivity index is 1.69. The summed E-state index contributed by atoms with van der Waals surface area (Å²) >= 11 is 0. The predicted octanol–water partition coefficient (Wildman–Crippen LogP) is 4.51. The summed E-state index contributed by atoms with van der Waals surface area (Å²) in [6.45, 7) is 10.9. The van der Waals surface area contributed by atoms with Crippen LogP contribution in [0.2, 0.25) is 0 Å². The highest BCUT2D eigenvalue weighted by molar-refractivity contribution is 5.81. The molecule has 0 saturated carbocycles. The summed E-state index contributed by atoms with van der Waals surface area (Å²) in [6, 6.07) is 12.2. The van der Waals surface area contributed by atoms with Gasteiger partial charge in [-0.05, 0) is 57.0 Å². The molecule has 0 bridgehead atoms. The number of hydrogen-bond acceptors (Lipinski definition) is 4. The third-order valence-corrected chi connectivity index (χ3v) is 5.91. The van der Waals surface area contributed by atoms with Gasteiger partial charge in [0.15, 0.2) is 0 Å². The third kappa shape index (κ3) is 5.60. The van der Waals surface area contributed by atoms with Crippen molar-refractivity contribution in [3.63, 3.8) is 0 Å². The zero-order chi connectivity index (χ0) is 21.7. The average Bonchev–Trinajstić information content (AvgIpc) is 2.73. The first-order valence-electron chi connectivity index (χ1n) is 10.9. The molecule has 1 aliphatic rings. The highest BCUT2D eigenvalue weighted by Crippen LogP contribution is 2.32. The van der Waals surface area contributed by atoms with Gasteiger partial charge in [-0.1, -0.05) is 44.5 Å². The summed E-state index contributed by atoms with van der Waals surface area (Å²) < 4.78 is 5.55. The number of carbonyl (C=O) groups excluding carboxylic acids is 1. The van der Waals surface area contributed by atoms with Crippen molar-refractivity contribution in [3.05, 3.63) is 59.4 Å². The number of rotatable bonds is 6. The molecular weight excluding hydrogens is 374 g/mol. The van der Waals surface area contributed by atoms with Gasteiger partial charge in [0, 0.05) is 23.7 Å². The number of carbonyl (C=O) groups is 1. The smallest absolute Gasteiger partial charge is 0.225 e. The lowest BCUT2D eigenvalue weighted by molar-refractivity contribution is -0.129. The Bertz CT molecular complexity index is 837. The number of methoxy groups -OCH3 is 1. The standard InChI is InChI=1S/C25H35N3O2/c1-18-9-10-22(30-5)20(16-18)17-28-14-11-19(12-15-28)23(21-8-6-7-13-26-21)27-24(29)25(2,3)4/h6-10,13,16,19,23H,11-12,14-15,17H2,1-5H3,(H,27,29)/t23-/m0/s1. The maximum absolute atomic E-state index is 12.7. The normalized spacial score (nSPS) is 16.8. The van der Waals surface area contributed by atoms with Crippen LogP contribution in [0.5, 0.6) is 5.75 Å². The highest BCUT2D eigenvalue weighted by atomic mass is 16.5. The molecule has 1 aromatic carbocycles. The quantitative estimate of drug-likeness (QED) is 0.762. The zero-order valence-corrected chi connectivity index (χ0v) is 18.9. The fourth-order valence-corrected chi connectivity index (χ4v) is 4.07. The van der Waals surface area contributed by atoms with Crippen molar-refractivity contribution in [1.29, 1.82) is 0 Å². The Labute approximate surface area is 180 Å². The Hall–Kier alpha value is -2.40. The molecule has 1 atom stereocenters. The van der Waals surface area contributed by atoms with Gasteiger partial charge in [0.1, 0.15) is 5.75 Å². The zero-order valence-electron chi connectivity index (χ0n) is 18.9. The van der Waals surface area contributed by atoms with Crippen LogP contribution in [0.1, 0.15) is 56.5 Å². The number of aromatic nitrogens is 1. The van der Waals surface area contributed by atoms with E-state index in [0.717, 1.165) is 43.9 Å². The molecule has 0 spiro atoms. The van der Waals surface area contributed by atoms with Gasteiger partial charge in [0.25, 0.3) is 0 Å². The first-order valence-corrected chi connectivity index (χ1v) is 10.9. The number of nitrogens with zero attached hydrogens (tertiary/aromatic N) is 2. The molecule has 0 aliphatic carbocycles. The van der Waals surface area contributed by atoms with E-state index >= 15 is 0 Å². The lowest BCUT2D eigenvalue weighted by Crippen LogP contribution is -2.44. The van der Waals surface area contributed by atoms with Crippen molar-refractivity contribution < 1.29 is 9.53 Å². The molecule has 5 heteroatoms. The highest BCUT2D eigenvalue weighted by Gasteiger charge is 2.32. The van der Waals surface area contributed by atoms with Crippen molar-refractivity contribution in [1.82, 2.24) is 15.2 Å². The molecule has 1 aromatic heterocycles. The molecule has 0 unspecified atom stereocenters. The SMILES string of the molecule is COc1ccc(C)cc1CN1CCC([C@H](NC(=O)C(C)(C)C)c2ccccn2)CC1. The molecule has 1 aliphatic heterocycles. The first-order chi connectivity index (χ1) is 14.3. The van der Waals surface area contributed by atoms with E-state index in [1.807, 2.05) is 45.2 Å². The summed E-state index contributed by atoms with van der Waals surface area (Å²) in [4.78, 5) is 19.8.